The van der Waals surface area contributed by atoms with E-state index in [2.05, 4.69) is 12.2 Å². The van der Waals surface area contributed by atoms with E-state index in [1.54, 1.807) is 0 Å². The fourth-order valence-corrected chi connectivity index (χ4v) is 0.982. The molecule has 3 nitrogen and oxygen atoms in total. The monoisotopic (exact) mass is 171 g/mol. The first-order chi connectivity index (χ1) is 5.38. The molecule has 70 valence electrons. The van der Waals surface area contributed by atoms with Crippen molar-refractivity contribution in [3.05, 3.63) is 0 Å². The summed E-state index contributed by atoms with van der Waals surface area (Å²) in [5.74, 6) is 0.623. The van der Waals surface area contributed by atoms with Gasteiger partial charge in [0.2, 0.25) is 0 Å². The Labute approximate surface area is 73.5 Å². The van der Waals surface area contributed by atoms with Crippen LogP contribution in [0.3, 0.4) is 0 Å². The van der Waals surface area contributed by atoms with Crippen molar-refractivity contribution < 1.29 is 9.53 Å². The summed E-state index contributed by atoms with van der Waals surface area (Å²) >= 11 is 0. The largest absolute Gasteiger partial charge is 0.444 e. The van der Waals surface area contributed by atoms with Gasteiger partial charge in [-0.3, -0.25) is 0 Å². The zero-order chi connectivity index (χ0) is 9.35. The Morgan fingerprint density at radius 2 is 2.00 bits per heavy atom. The Kier molecular flexibility index (Phi) is 2.31. The highest BCUT2D eigenvalue weighted by Gasteiger charge is 2.34. The number of hydrogen-bond acceptors (Lipinski definition) is 2. The predicted octanol–water partition coefficient (Wildman–Crippen LogP) is 1.92. The topological polar surface area (TPSA) is 38.3 Å². The molecule has 1 amide bonds. The van der Waals surface area contributed by atoms with E-state index in [0.29, 0.717) is 12.0 Å². The first-order valence-electron chi connectivity index (χ1n) is 4.38. The van der Waals surface area contributed by atoms with Crippen molar-refractivity contribution in [2.24, 2.45) is 5.92 Å². The standard InChI is InChI=1S/C9H17NO2/c1-6-5-7(6)10-8(11)12-9(2,3)4/h6-7H,5H2,1-4H3,(H,10,11)/t6-,7-/m0/s1. The van der Waals surface area contributed by atoms with Crippen LogP contribution in [-0.2, 0) is 4.74 Å². The molecule has 0 unspecified atom stereocenters. The molecule has 0 aromatic rings. The molecule has 0 aliphatic heterocycles. The second kappa shape index (κ2) is 2.96. The number of alkyl carbamates (subject to hydrolysis) is 1. The van der Waals surface area contributed by atoms with Crippen LogP contribution in [0.15, 0.2) is 0 Å². The van der Waals surface area contributed by atoms with E-state index >= 15 is 0 Å². The Morgan fingerprint density at radius 1 is 1.50 bits per heavy atom. The minimum Gasteiger partial charge on any atom is -0.444 e. The minimum absolute atomic E-state index is 0.295. The zero-order valence-electron chi connectivity index (χ0n) is 8.18. The number of nitrogens with one attached hydrogen (secondary N) is 1. The third-order valence-electron chi connectivity index (χ3n) is 1.81. The number of rotatable bonds is 1. The second-order valence-corrected chi connectivity index (χ2v) is 4.47. The van der Waals surface area contributed by atoms with E-state index in [-0.39, 0.29) is 11.7 Å². The van der Waals surface area contributed by atoms with Crippen LogP contribution in [0.4, 0.5) is 4.79 Å². The number of amides is 1. The average Bonchev–Trinajstić information content (AvgIpc) is 2.40. The molecule has 0 aromatic heterocycles. The lowest BCUT2D eigenvalue weighted by atomic mass is 10.2. The molecule has 2 atom stereocenters. The van der Waals surface area contributed by atoms with Gasteiger partial charge < -0.3 is 10.1 Å². The minimum atomic E-state index is -0.387. The van der Waals surface area contributed by atoms with E-state index < -0.39 is 0 Å². The van der Waals surface area contributed by atoms with Crippen LogP contribution in [0.5, 0.6) is 0 Å². The molecule has 3 heteroatoms. The first-order valence-corrected chi connectivity index (χ1v) is 4.38. The summed E-state index contributed by atoms with van der Waals surface area (Å²) in [6.45, 7) is 7.71. The first kappa shape index (κ1) is 9.36. The Morgan fingerprint density at radius 3 is 2.33 bits per heavy atom. The van der Waals surface area contributed by atoms with E-state index in [4.69, 9.17) is 4.74 Å². The summed E-state index contributed by atoms with van der Waals surface area (Å²) in [5.41, 5.74) is -0.387. The van der Waals surface area contributed by atoms with Crippen molar-refractivity contribution >= 4 is 6.09 Å². The molecule has 0 radical (unpaired) electrons. The summed E-state index contributed by atoms with van der Waals surface area (Å²) in [5, 5.41) is 2.80. The van der Waals surface area contributed by atoms with Crippen molar-refractivity contribution in [2.45, 2.75) is 45.8 Å². The van der Waals surface area contributed by atoms with Gasteiger partial charge in [0, 0.05) is 6.04 Å². The molecule has 12 heavy (non-hydrogen) atoms. The zero-order valence-corrected chi connectivity index (χ0v) is 8.18. The lowest BCUT2D eigenvalue weighted by Crippen LogP contribution is -2.34. The molecule has 1 fully saturated rings. The average molecular weight is 171 g/mol. The highest BCUT2D eigenvalue weighted by molar-refractivity contribution is 5.68. The van der Waals surface area contributed by atoms with Gasteiger partial charge in [0.1, 0.15) is 5.60 Å². The third-order valence-corrected chi connectivity index (χ3v) is 1.81. The van der Waals surface area contributed by atoms with Crippen LogP contribution in [0, 0.1) is 5.92 Å². The van der Waals surface area contributed by atoms with Crippen molar-refractivity contribution in [3.8, 4) is 0 Å². The van der Waals surface area contributed by atoms with Crippen LogP contribution in [0.25, 0.3) is 0 Å². The Bertz CT molecular complexity index is 183. The molecule has 0 saturated heterocycles. The van der Waals surface area contributed by atoms with Gasteiger partial charge in [-0.25, -0.2) is 4.79 Å². The van der Waals surface area contributed by atoms with Crippen LogP contribution in [-0.4, -0.2) is 17.7 Å². The fourth-order valence-electron chi connectivity index (χ4n) is 0.982. The van der Waals surface area contributed by atoms with E-state index in [1.165, 1.54) is 0 Å². The predicted molar refractivity (Wildman–Crippen MR) is 46.9 cm³/mol. The maximum absolute atomic E-state index is 11.1. The Hall–Kier alpha value is -0.730. The van der Waals surface area contributed by atoms with Gasteiger partial charge in [-0.15, -0.1) is 0 Å². The molecule has 0 spiro atoms. The fraction of sp³-hybridized carbons (Fsp3) is 0.889. The van der Waals surface area contributed by atoms with Gasteiger partial charge in [0.15, 0.2) is 0 Å². The maximum Gasteiger partial charge on any atom is 0.407 e. The molecule has 1 saturated carbocycles. The molecule has 1 aliphatic carbocycles. The van der Waals surface area contributed by atoms with Crippen molar-refractivity contribution in [3.63, 3.8) is 0 Å². The van der Waals surface area contributed by atoms with Gasteiger partial charge >= 0.3 is 6.09 Å². The van der Waals surface area contributed by atoms with E-state index in [0.717, 1.165) is 6.42 Å². The maximum atomic E-state index is 11.1. The number of carbonyl (C=O) groups excluding carboxylic acids is 1. The summed E-state index contributed by atoms with van der Waals surface area (Å²) < 4.78 is 5.09. The molecule has 0 heterocycles. The normalized spacial score (nSPS) is 28.0. The number of hydrogen-bond donors (Lipinski definition) is 1. The molecule has 1 rings (SSSR count). The summed E-state index contributed by atoms with van der Waals surface area (Å²) in [4.78, 5) is 11.1. The summed E-state index contributed by atoms with van der Waals surface area (Å²) in [6, 6.07) is 0.347. The van der Waals surface area contributed by atoms with E-state index in [1.807, 2.05) is 20.8 Å². The highest BCUT2D eigenvalue weighted by atomic mass is 16.6. The summed E-state index contributed by atoms with van der Waals surface area (Å²) in [7, 11) is 0. The van der Waals surface area contributed by atoms with Crippen LogP contribution < -0.4 is 5.32 Å². The SMILES string of the molecule is C[C@H]1C[C@@H]1NC(=O)OC(C)(C)C. The molecular weight excluding hydrogens is 154 g/mol. The van der Waals surface area contributed by atoms with Crippen LogP contribution in [0.2, 0.25) is 0 Å². The van der Waals surface area contributed by atoms with Crippen molar-refractivity contribution in [1.29, 1.82) is 0 Å². The second-order valence-electron chi connectivity index (χ2n) is 4.47. The lowest BCUT2D eigenvalue weighted by Gasteiger charge is -2.19. The van der Waals surface area contributed by atoms with Gasteiger partial charge in [-0.1, -0.05) is 6.92 Å². The van der Waals surface area contributed by atoms with Gasteiger partial charge in [0.05, 0.1) is 0 Å². The third kappa shape index (κ3) is 3.11. The molecule has 0 aromatic carbocycles. The van der Waals surface area contributed by atoms with E-state index in [9.17, 15) is 4.79 Å². The quantitative estimate of drug-likeness (QED) is 0.654. The smallest absolute Gasteiger partial charge is 0.407 e. The van der Waals surface area contributed by atoms with Crippen LogP contribution >= 0.6 is 0 Å². The molecule has 0 bridgehead atoms. The molecule has 1 aliphatic rings. The summed E-state index contributed by atoms with van der Waals surface area (Å²) in [6.07, 6.45) is 0.788. The molecule has 1 N–H and O–H groups in total. The lowest BCUT2D eigenvalue weighted by molar-refractivity contribution is 0.0521. The van der Waals surface area contributed by atoms with Gasteiger partial charge in [0.25, 0.3) is 0 Å². The van der Waals surface area contributed by atoms with Gasteiger partial charge in [-0.2, -0.15) is 0 Å². The highest BCUT2D eigenvalue weighted by Crippen LogP contribution is 2.29. The number of ether oxygens (including phenoxy) is 1. The molecular formula is C9H17NO2. The van der Waals surface area contributed by atoms with Gasteiger partial charge in [-0.05, 0) is 33.1 Å². The Balaban J connectivity index is 2.21. The number of carbonyl (C=O) groups is 1. The van der Waals surface area contributed by atoms with Crippen LogP contribution in [0.1, 0.15) is 34.1 Å². The van der Waals surface area contributed by atoms with Crippen molar-refractivity contribution in [2.75, 3.05) is 0 Å². The van der Waals surface area contributed by atoms with Crippen molar-refractivity contribution in [1.82, 2.24) is 5.32 Å².